The van der Waals surface area contributed by atoms with E-state index < -0.39 is 0 Å². The first kappa shape index (κ1) is 32.0. The summed E-state index contributed by atoms with van der Waals surface area (Å²) in [7, 11) is 0. The van der Waals surface area contributed by atoms with Crippen LogP contribution in [0.1, 0.15) is 0 Å². The van der Waals surface area contributed by atoms with E-state index in [0.29, 0.717) is 0 Å². The van der Waals surface area contributed by atoms with Crippen molar-refractivity contribution in [3.8, 4) is 27.9 Å². The molecule has 2 heteroatoms. The summed E-state index contributed by atoms with van der Waals surface area (Å²) in [5, 5.41) is 10.1. The fourth-order valence-electron chi connectivity index (χ4n) is 8.73. The zero-order chi connectivity index (χ0) is 37.0. The molecule has 0 saturated carbocycles. The Morgan fingerprint density at radius 2 is 0.839 bits per heavy atom. The standard InChI is InChI=1S/C54H36N2/c1-3-13-37(14-4-1)40-16-11-19-44(35-40)55(52-24-12-22-46-48-31-27-39-15-7-8-20-45(39)47(48)33-34-50(46)52)43-29-25-38(26-30-43)41-28-32-51-49-21-9-10-23-53(49)56(54(51)36-41)42-17-5-2-6-18-42/h1-36H. The van der Waals surface area contributed by atoms with Crippen molar-refractivity contribution < 1.29 is 0 Å². The maximum atomic E-state index is 2.42. The molecule has 0 radical (unpaired) electrons. The summed E-state index contributed by atoms with van der Waals surface area (Å²) >= 11 is 0. The van der Waals surface area contributed by atoms with Crippen LogP contribution in [0.15, 0.2) is 218 Å². The molecule has 2 nitrogen and oxygen atoms in total. The van der Waals surface area contributed by atoms with Crippen molar-refractivity contribution in [1.29, 1.82) is 0 Å². The van der Waals surface area contributed by atoms with Crippen LogP contribution in [0.5, 0.6) is 0 Å². The summed E-state index contributed by atoms with van der Waals surface area (Å²) in [6.07, 6.45) is 0. The van der Waals surface area contributed by atoms with Crippen LogP contribution in [0.3, 0.4) is 0 Å². The molecule has 0 saturated heterocycles. The van der Waals surface area contributed by atoms with Gasteiger partial charge in [0.25, 0.3) is 0 Å². The third kappa shape index (κ3) is 5.26. The summed E-state index contributed by atoms with van der Waals surface area (Å²) in [5.74, 6) is 0. The van der Waals surface area contributed by atoms with Gasteiger partial charge in [-0.1, -0.05) is 164 Å². The molecule has 1 aromatic heterocycles. The van der Waals surface area contributed by atoms with E-state index in [1.165, 1.54) is 76.4 Å². The van der Waals surface area contributed by atoms with Crippen molar-refractivity contribution in [2.24, 2.45) is 0 Å². The number of rotatable bonds is 6. The lowest BCUT2D eigenvalue weighted by molar-refractivity contribution is 1.18. The van der Waals surface area contributed by atoms with Crippen LogP contribution in [-0.4, -0.2) is 4.57 Å². The van der Waals surface area contributed by atoms with Crippen LogP contribution >= 0.6 is 0 Å². The lowest BCUT2D eigenvalue weighted by Gasteiger charge is -2.28. The number of fused-ring (bicyclic) bond motifs is 8. The number of anilines is 3. The van der Waals surface area contributed by atoms with E-state index in [2.05, 4.69) is 228 Å². The maximum Gasteiger partial charge on any atom is 0.0547 e. The maximum absolute atomic E-state index is 2.42. The van der Waals surface area contributed by atoms with Gasteiger partial charge in [-0.25, -0.2) is 0 Å². The number of nitrogens with zero attached hydrogens (tertiary/aromatic N) is 2. The quantitative estimate of drug-likeness (QED) is 0.156. The van der Waals surface area contributed by atoms with Crippen LogP contribution in [0.2, 0.25) is 0 Å². The van der Waals surface area contributed by atoms with Gasteiger partial charge in [-0.3, -0.25) is 0 Å². The van der Waals surface area contributed by atoms with Crippen molar-refractivity contribution in [3.63, 3.8) is 0 Å². The number of para-hydroxylation sites is 2. The predicted octanol–water partition coefficient (Wildman–Crippen LogP) is 15.0. The van der Waals surface area contributed by atoms with Gasteiger partial charge in [0.15, 0.2) is 0 Å². The molecular formula is C54H36N2. The molecule has 0 aliphatic heterocycles. The fraction of sp³-hybridized carbons (Fsp3) is 0. The molecule has 11 aromatic rings. The number of hydrogen-bond donors (Lipinski definition) is 0. The molecule has 0 aliphatic rings. The molecule has 11 rings (SSSR count). The molecule has 0 spiro atoms. The summed E-state index contributed by atoms with van der Waals surface area (Å²) < 4.78 is 2.39. The van der Waals surface area contributed by atoms with Crippen LogP contribution < -0.4 is 4.90 Å². The lowest BCUT2D eigenvalue weighted by Crippen LogP contribution is -2.10. The molecule has 0 atom stereocenters. The zero-order valence-corrected chi connectivity index (χ0v) is 30.7. The van der Waals surface area contributed by atoms with Crippen molar-refractivity contribution in [3.05, 3.63) is 218 Å². The average Bonchev–Trinajstić information content (AvgIpc) is 3.61. The first-order valence-electron chi connectivity index (χ1n) is 19.3. The van der Waals surface area contributed by atoms with Crippen molar-refractivity contribution in [2.45, 2.75) is 0 Å². The SMILES string of the molecule is c1ccc(-c2cccc(N(c3ccc(-c4ccc5c6ccccc6n(-c6ccccc6)c5c4)cc3)c3cccc4c3ccc3c5ccccc5ccc43)c2)cc1. The molecule has 262 valence electrons. The normalized spacial score (nSPS) is 11.6. The first-order valence-corrected chi connectivity index (χ1v) is 19.3. The van der Waals surface area contributed by atoms with Crippen molar-refractivity contribution >= 4 is 71.2 Å². The van der Waals surface area contributed by atoms with E-state index in [-0.39, 0.29) is 0 Å². The second-order valence-electron chi connectivity index (χ2n) is 14.5. The lowest BCUT2D eigenvalue weighted by atomic mass is 9.95. The minimum atomic E-state index is 1.10. The van der Waals surface area contributed by atoms with Crippen LogP contribution in [-0.2, 0) is 0 Å². The van der Waals surface area contributed by atoms with Gasteiger partial charge in [-0.15, -0.1) is 0 Å². The Hall–Kier alpha value is -7.42. The van der Waals surface area contributed by atoms with Gasteiger partial charge in [0, 0.05) is 33.2 Å². The van der Waals surface area contributed by atoms with Gasteiger partial charge < -0.3 is 9.47 Å². The highest BCUT2D eigenvalue weighted by atomic mass is 15.1. The first-order chi connectivity index (χ1) is 27.8. The van der Waals surface area contributed by atoms with Gasteiger partial charge >= 0.3 is 0 Å². The third-order valence-corrected chi connectivity index (χ3v) is 11.4. The van der Waals surface area contributed by atoms with Gasteiger partial charge in [0.1, 0.15) is 0 Å². The molecule has 0 fully saturated rings. The van der Waals surface area contributed by atoms with E-state index in [4.69, 9.17) is 0 Å². The Bertz CT molecular complexity index is 3230. The highest BCUT2D eigenvalue weighted by Gasteiger charge is 2.19. The smallest absolute Gasteiger partial charge is 0.0547 e. The fourth-order valence-corrected chi connectivity index (χ4v) is 8.73. The molecule has 0 aliphatic carbocycles. The summed E-state index contributed by atoms with van der Waals surface area (Å²) in [6, 6.07) is 79.5. The molecule has 0 amide bonds. The summed E-state index contributed by atoms with van der Waals surface area (Å²) in [5.41, 5.74) is 11.7. The molecule has 0 N–H and O–H groups in total. The largest absolute Gasteiger partial charge is 0.310 e. The van der Waals surface area contributed by atoms with Crippen LogP contribution in [0, 0.1) is 0 Å². The Morgan fingerprint density at radius 3 is 1.70 bits per heavy atom. The minimum absolute atomic E-state index is 1.10. The Kier molecular flexibility index (Phi) is 7.53. The van der Waals surface area contributed by atoms with Gasteiger partial charge in [0.2, 0.25) is 0 Å². The van der Waals surface area contributed by atoms with E-state index in [0.717, 1.165) is 22.7 Å². The molecule has 0 bridgehead atoms. The van der Waals surface area contributed by atoms with Gasteiger partial charge in [-0.05, 0) is 104 Å². The van der Waals surface area contributed by atoms with Crippen molar-refractivity contribution in [2.75, 3.05) is 4.90 Å². The topological polar surface area (TPSA) is 8.17 Å². The number of aromatic nitrogens is 1. The Balaban J connectivity index is 1.07. The molecule has 1 heterocycles. The zero-order valence-electron chi connectivity index (χ0n) is 30.7. The minimum Gasteiger partial charge on any atom is -0.310 e. The second-order valence-corrected chi connectivity index (χ2v) is 14.5. The van der Waals surface area contributed by atoms with Crippen molar-refractivity contribution in [1.82, 2.24) is 4.57 Å². The molecule has 10 aromatic carbocycles. The van der Waals surface area contributed by atoms with E-state index in [1.807, 2.05) is 0 Å². The summed E-state index contributed by atoms with van der Waals surface area (Å²) in [6.45, 7) is 0. The van der Waals surface area contributed by atoms with Gasteiger partial charge in [-0.2, -0.15) is 0 Å². The average molecular weight is 713 g/mol. The number of hydrogen-bond acceptors (Lipinski definition) is 1. The van der Waals surface area contributed by atoms with E-state index >= 15 is 0 Å². The highest BCUT2D eigenvalue weighted by Crippen LogP contribution is 2.43. The summed E-state index contributed by atoms with van der Waals surface area (Å²) in [4.78, 5) is 2.42. The van der Waals surface area contributed by atoms with Crippen LogP contribution in [0.25, 0.3) is 82.1 Å². The molecular weight excluding hydrogens is 677 g/mol. The highest BCUT2D eigenvalue weighted by molar-refractivity contribution is 6.19. The number of benzene rings is 10. The predicted molar refractivity (Wildman–Crippen MR) is 239 cm³/mol. The Labute approximate surface area is 325 Å². The monoisotopic (exact) mass is 712 g/mol. The molecule has 0 unspecified atom stereocenters. The third-order valence-electron chi connectivity index (χ3n) is 11.4. The van der Waals surface area contributed by atoms with Gasteiger partial charge in [0.05, 0.1) is 16.7 Å². The van der Waals surface area contributed by atoms with Crippen LogP contribution in [0.4, 0.5) is 17.1 Å². The molecule has 56 heavy (non-hydrogen) atoms. The van der Waals surface area contributed by atoms with E-state index in [1.54, 1.807) is 0 Å². The second kappa shape index (κ2) is 13.2. The van der Waals surface area contributed by atoms with E-state index in [9.17, 15) is 0 Å². The Morgan fingerprint density at radius 1 is 0.286 bits per heavy atom.